The second-order valence-electron chi connectivity index (χ2n) is 5.53. The first-order valence-electron chi connectivity index (χ1n) is 6.52. The first-order valence-corrected chi connectivity index (χ1v) is 8.41. The Hall–Kier alpha value is -1.60. The van der Waals surface area contributed by atoms with E-state index in [1.807, 2.05) is 12.1 Å². The molecule has 0 unspecified atom stereocenters. The molecule has 0 aliphatic heterocycles. The van der Waals surface area contributed by atoms with E-state index in [2.05, 4.69) is 5.32 Å². The summed E-state index contributed by atoms with van der Waals surface area (Å²) in [6, 6.07) is 7.16. The van der Waals surface area contributed by atoms with Crippen LogP contribution in [0.1, 0.15) is 19.4 Å². The van der Waals surface area contributed by atoms with Gasteiger partial charge in [0, 0.05) is 19.3 Å². The van der Waals surface area contributed by atoms with Crippen molar-refractivity contribution in [3.05, 3.63) is 29.8 Å². The van der Waals surface area contributed by atoms with E-state index in [9.17, 15) is 13.2 Å². The smallest absolute Gasteiger partial charge is 0.255 e. The van der Waals surface area contributed by atoms with Gasteiger partial charge in [-0.25, -0.2) is 8.42 Å². The van der Waals surface area contributed by atoms with E-state index in [4.69, 9.17) is 10.5 Å². The van der Waals surface area contributed by atoms with E-state index >= 15 is 0 Å². The second kappa shape index (κ2) is 6.91. The molecule has 0 saturated carbocycles. The van der Waals surface area contributed by atoms with E-state index < -0.39 is 20.5 Å². The van der Waals surface area contributed by atoms with Crippen LogP contribution in [-0.4, -0.2) is 38.5 Å². The SMILES string of the molecule is CC(C)(CNCc1ccc(OCC(N)=O)cc1)S(C)(=O)=O. The number of nitrogens with two attached hydrogens (primary N) is 1. The van der Waals surface area contributed by atoms with Crippen LogP contribution >= 0.6 is 0 Å². The number of carbonyl (C=O) groups excluding carboxylic acids is 1. The number of amides is 1. The van der Waals surface area contributed by atoms with Crippen molar-refractivity contribution in [2.75, 3.05) is 19.4 Å². The van der Waals surface area contributed by atoms with Crippen molar-refractivity contribution in [2.45, 2.75) is 25.1 Å². The number of benzene rings is 1. The Morgan fingerprint density at radius 1 is 1.29 bits per heavy atom. The number of ether oxygens (including phenoxy) is 1. The van der Waals surface area contributed by atoms with Crippen LogP contribution in [0.25, 0.3) is 0 Å². The van der Waals surface area contributed by atoms with E-state index in [1.54, 1.807) is 26.0 Å². The first kappa shape index (κ1) is 17.5. The highest BCUT2D eigenvalue weighted by Gasteiger charge is 2.29. The summed E-state index contributed by atoms with van der Waals surface area (Å²) in [6.45, 7) is 4.15. The fourth-order valence-electron chi connectivity index (χ4n) is 1.50. The lowest BCUT2D eigenvalue weighted by Gasteiger charge is -2.22. The van der Waals surface area contributed by atoms with Crippen molar-refractivity contribution >= 4 is 15.7 Å². The highest BCUT2D eigenvalue weighted by molar-refractivity contribution is 7.92. The summed E-state index contributed by atoms with van der Waals surface area (Å²) < 4.78 is 27.5. The van der Waals surface area contributed by atoms with E-state index in [0.717, 1.165) is 5.56 Å². The fraction of sp³-hybridized carbons (Fsp3) is 0.500. The topological polar surface area (TPSA) is 98.5 Å². The molecule has 0 aromatic heterocycles. The molecule has 0 bridgehead atoms. The molecular formula is C14H22N2O4S. The van der Waals surface area contributed by atoms with Gasteiger partial charge in [0.25, 0.3) is 5.91 Å². The Balaban J connectivity index is 2.48. The van der Waals surface area contributed by atoms with Gasteiger partial charge in [-0.05, 0) is 31.5 Å². The molecule has 0 saturated heterocycles. The van der Waals surface area contributed by atoms with Crippen molar-refractivity contribution in [1.82, 2.24) is 5.32 Å². The largest absolute Gasteiger partial charge is 0.484 e. The van der Waals surface area contributed by atoms with Gasteiger partial charge < -0.3 is 15.8 Å². The van der Waals surface area contributed by atoms with Crippen molar-refractivity contribution < 1.29 is 17.9 Å². The van der Waals surface area contributed by atoms with E-state index in [0.29, 0.717) is 18.8 Å². The van der Waals surface area contributed by atoms with Gasteiger partial charge in [-0.2, -0.15) is 0 Å². The lowest BCUT2D eigenvalue weighted by Crippen LogP contribution is -2.41. The Kier molecular flexibility index (Phi) is 5.74. The normalized spacial score (nSPS) is 12.1. The summed E-state index contributed by atoms with van der Waals surface area (Å²) in [5.74, 6) is 0.0396. The summed E-state index contributed by atoms with van der Waals surface area (Å²) in [5.41, 5.74) is 5.98. The van der Waals surface area contributed by atoms with Crippen LogP contribution in [0.2, 0.25) is 0 Å². The molecule has 1 aromatic rings. The number of carbonyl (C=O) groups is 1. The monoisotopic (exact) mass is 314 g/mol. The summed E-state index contributed by atoms with van der Waals surface area (Å²) >= 11 is 0. The number of rotatable bonds is 8. The van der Waals surface area contributed by atoms with E-state index in [1.165, 1.54) is 6.26 Å². The Morgan fingerprint density at radius 2 is 1.86 bits per heavy atom. The number of hydrogen-bond acceptors (Lipinski definition) is 5. The summed E-state index contributed by atoms with van der Waals surface area (Å²) in [7, 11) is -3.11. The van der Waals surface area contributed by atoms with Gasteiger partial charge in [0.05, 0.1) is 4.75 Å². The molecule has 21 heavy (non-hydrogen) atoms. The van der Waals surface area contributed by atoms with Gasteiger partial charge >= 0.3 is 0 Å². The molecule has 0 spiro atoms. The predicted molar refractivity (Wildman–Crippen MR) is 81.8 cm³/mol. The van der Waals surface area contributed by atoms with E-state index in [-0.39, 0.29) is 6.61 Å². The quantitative estimate of drug-likeness (QED) is 0.726. The standard InChI is InChI=1S/C14H22N2O4S/c1-14(2,21(3,18)19)10-16-8-11-4-6-12(7-5-11)20-9-13(15)17/h4-7,16H,8-10H2,1-3H3,(H2,15,17). The highest BCUT2D eigenvalue weighted by Crippen LogP contribution is 2.15. The Bertz CT molecular complexity index is 579. The summed E-state index contributed by atoms with van der Waals surface area (Å²) in [5, 5.41) is 3.12. The predicted octanol–water partition coefficient (Wildman–Crippen LogP) is 0.464. The van der Waals surface area contributed by atoms with Gasteiger partial charge in [0.2, 0.25) is 0 Å². The molecule has 1 aromatic carbocycles. The van der Waals surface area contributed by atoms with Crippen LogP contribution in [0.3, 0.4) is 0 Å². The molecule has 0 fully saturated rings. The maximum atomic E-state index is 11.6. The minimum Gasteiger partial charge on any atom is -0.484 e. The maximum Gasteiger partial charge on any atom is 0.255 e. The zero-order valence-electron chi connectivity index (χ0n) is 12.5. The minimum atomic E-state index is -3.11. The molecule has 1 amide bonds. The second-order valence-corrected chi connectivity index (χ2v) is 8.18. The number of hydrogen-bond donors (Lipinski definition) is 2. The molecule has 1 rings (SSSR count). The summed E-state index contributed by atoms with van der Waals surface area (Å²) in [6.07, 6.45) is 1.24. The maximum absolute atomic E-state index is 11.6. The van der Waals surface area contributed by atoms with Gasteiger partial charge in [0.15, 0.2) is 16.4 Å². The zero-order valence-corrected chi connectivity index (χ0v) is 13.4. The van der Waals surface area contributed by atoms with Crippen LogP contribution in [0.15, 0.2) is 24.3 Å². The van der Waals surface area contributed by atoms with Crippen LogP contribution in [0, 0.1) is 0 Å². The van der Waals surface area contributed by atoms with Crippen LogP contribution < -0.4 is 15.8 Å². The zero-order chi connectivity index (χ0) is 16.1. The molecule has 0 heterocycles. The molecule has 0 radical (unpaired) electrons. The lowest BCUT2D eigenvalue weighted by molar-refractivity contribution is -0.119. The molecule has 3 N–H and O–H groups in total. The third-order valence-corrected chi connectivity index (χ3v) is 5.34. The molecule has 0 aliphatic rings. The van der Waals surface area contributed by atoms with Crippen molar-refractivity contribution in [3.8, 4) is 5.75 Å². The third kappa shape index (κ3) is 5.73. The van der Waals surface area contributed by atoms with Crippen LogP contribution in [0.5, 0.6) is 5.75 Å². The molecule has 0 aliphatic carbocycles. The average molecular weight is 314 g/mol. The van der Waals surface area contributed by atoms with Gasteiger partial charge in [0.1, 0.15) is 5.75 Å². The number of sulfone groups is 1. The van der Waals surface area contributed by atoms with Crippen LogP contribution in [-0.2, 0) is 21.2 Å². The number of nitrogens with one attached hydrogen (secondary N) is 1. The minimum absolute atomic E-state index is 0.153. The summed E-state index contributed by atoms with van der Waals surface area (Å²) in [4.78, 5) is 10.6. The third-order valence-electron chi connectivity index (χ3n) is 3.19. The average Bonchev–Trinajstić information content (AvgIpc) is 2.36. The van der Waals surface area contributed by atoms with Gasteiger partial charge in [-0.3, -0.25) is 4.79 Å². The lowest BCUT2D eigenvalue weighted by atomic mass is 10.2. The first-order chi connectivity index (χ1) is 9.62. The Morgan fingerprint density at radius 3 is 2.33 bits per heavy atom. The van der Waals surface area contributed by atoms with Gasteiger partial charge in [-0.15, -0.1) is 0 Å². The van der Waals surface area contributed by atoms with Gasteiger partial charge in [-0.1, -0.05) is 12.1 Å². The molecule has 6 nitrogen and oxygen atoms in total. The van der Waals surface area contributed by atoms with Crippen molar-refractivity contribution in [1.29, 1.82) is 0 Å². The molecular weight excluding hydrogens is 292 g/mol. The fourth-order valence-corrected chi connectivity index (χ4v) is 1.86. The molecule has 0 atom stereocenters. The Labute approximate surface area is 125 Å². The molecule has 118 valence electrons. The van der Waals surface area contributed by atoms with Crippen LogP contribution in [0.4, 0.5) is 0 Å². The highest BCUT2D eigenvalue weighted by atomic mass is 32.2. The molecule has 7 heteroatoms. The van der Waals surface area contributed by atoms with Crippen molar-refractivity contribution in [2.24, 2.45) is 5.73 Å². The van der Waals surface area contributed by atoms with Crippen molar-refractivity contribution in [3.63, 3.8) is 0 Å². The number of primary amides is 1.